The molecule has 4 heteroatoms. The first-order valence-corrected chi connectivity index (χ1v) is 8.81. The quantitative estimate of drug-likeness (QED) is 0.911. The van der Waals surface area contributed by atoms with Gasteiger partial charge < -0.3 is 10.2 Å². The number of benzene rings is 2. The number of hydrogen-bond acceptors (Lipinski definition) is 2. The summed E-state index contributed by atoms with van der Waals surface area (Å²) in [6.45, 7) is 6.69. The Kier molecular flexibility index (Phi) is 4.88. The zero-order valence-corrected chi connectivity index (χ0v) is 15.1. The SMILES string of the molecule is CCC(=O)N1CCCc2cc(NC(=O)c3ccc(C)c(C)c3)ccc21. The van der Waals surface area contributed by atoms with E-state index in [1.54, 1.807) is 0 Å². The second-order valence-corrected chi connectivity index (χ2v) is 6.60. The van der Waals surface area contributed by atoms with Crippen molar-refractivity contribution in [2.75, 3.05) is 16.8 Å². The van der Waals surface area contributed by atoms with Crippen LogP contribution in [0.25, 0.3) is 0 Å². The molecule has 3 rings (SSSR count). The number of carbonyl (C=O) groups is 2. The molecule has 2 aromatic rings. The number of rotatable bonds is 3. The molecule has 0 atom stereocenters. The first-order valence-electron chi connectivity index (χ1n) is 8.81. The molecule has 0 saturated heterocycles. The van der Waals surface area contributed by atoms with Crippen LogP contribution in [0.5, 0.6) is 0 Å². The zero-order valence-electron chi connectivity index (χ0n) is 15.1. The lowest BCUT2D eigenvalue weighted by Gasteiger charge is -2.29. The second-order valence-electron chi connectivity index (χ2n) is 6.60. The fourth-order valence-electron chi connectivity index (χ4n) is 3.21. The van der Waals surface area contributed by atoms with Gasteiger partial charge in [-0.1, -0.05) is 13.0 Å². The lowest BCUT2D eigenvalue weighted by molar-refractivity contribution is -0.118. The van der Waals surface area contributed by atoms with Crippen LogP contribution in [-0.2, 0) is 11.2 Å². The summed E-state index contributed by atoms with van der Waals surface area (Å²) in [6, 6.07) is 11.5. The van der Waals surface area contributed by atoms with Gasteiger partial charge in [-0.2, -0.15) is 0 Å². The van der Waals surface area contributed by atoms with Gasteiger partial charge in [-0.15, -0.1) is 0 Å². The van der Waals surface area contributed by atoms with Crippen LogP contribution in [0, 0.1) is 13.8 Å². The minimum atomic E-state index is -0.111. The third-order valence-electron chi connectivity index (χ3n) is 4.83. The van der Waals surface area contributed by atoms with Gasteiger partial charge in [0, 0.05) is 29.9 Å². The molecule has 0 aliphatic carbocycles. The van der Waals surface area contributed by atoms with Crippen molar-refractivity contribution in [1.82, 2.24) is 0 Å². The van der Waals surface area contributed by atoms with Crippen LogP contribution in [0.2, 0.25) is 0 Å². The molecule has 0 bridgehead atoms. The second kappa shape index (κ2) is 7.09. The Morgan fingerprint density at radius 2 is 1.88 bits per heavy atom. The van der Waals surface area contributed by atoms with Crippen LogP contribution in [0.1, 0.15) is 46.8 Å². The van der Waals surface area contributed by atoms with E-state index in [2.05, 4.69) is 5.32 Å². The van der Waals surface area contributed by atoms with E-state index < -0.39 is 0 Å². The summed E-state index contributed by atoms with van der Waals surface area (Å²) in [7, 11) is 0. The van der Waals surface area contributed by atoms with Crippen LogP contribution in [-0.4, -0.2) is 18.4 Å². The van der Waals surface area contributed by atoms with Gasteiger partial charge in [0.2, 0.25) is 5.91 Å². The van der Waals surface area contributed by atoms with E-state index in [4.69, 9.17) is 0 Å². The fraction of sp³-hybridized carbons (Fsp3) is 0.333. The molecule has 0 spiro atoms. The molecule has 1 heterocycles. The molecule has 0 radical (unpaired) electrons. The number of aryl methyl sites for hydroxylation is 3. The van der Waals surface area contributed by atoms with E-state index in [1.165, 1.54) is 5.56 Å². The number of anilines is 2. The average molecular weight is 336 g/mol. The standard InChI is InChI=1S/C21H24N2O2/c1-4-20(24)23-11-5-6-16-13-18(9-10-19(16)23)22-21(25)17-8-7-14(2)15(3)12-17/h7-10,12-13H,4-6,11H2,1-3H3,(H,22,25). The van der Waals surface area contributed by atoms with Crippen molar-refractivity contribution in [3.05, 3.63) is 58.7 Å². The molecule has 2 aromatic carbocycles. The number of nitrogens with zero attached hydrogens (tertiary/aromatic N) is 1. The van der Waals surface area contributed by atoms with Crippen molar-refractivity contribution in [3.63, 3.8) is 0 Å². The van der Waals surface area contributed by atoms with Gasteiger partial charge in [-0.05, 0) is 73.7 Å². The van der Waals surface area contributed by atoms with Crippen LogP contribution in [0.15, 0.2) is 36.4 Å². The lowest BCUT2D eigenvalue weighted by Crippen LogP contribution is -2.34. The number of nitrogens with one attached hydrogen (secondary N) is 1. The van der Waals surface area contributed by atoms with Gasteiger partial charge in [0.05, 0.1) is 0 Å². The van der Waals surface area contributed by atoms with Gasteiger partial charge in [0.25, 0.3) is 5.91 Å². The van der Waals surface area contributed by atoms with Gasteiger partial charge in [0.15, 0.2) is 0 Å². The summed E-state index contributed by atoms with van der Waals surface area (Å²) in [5, 5.41) is 2.97. The minimum absolute atomic E-state index is 0.111. The topological polar surface area (TPSA) is 49.4 Å². The normalized spacial score (nSPS) is 13.3. The van der Waals surface area contributed by atoms with Crippen LogP contribution < -0.4 is 10.2 Å². The average Bonchev–Trinajstić information content (AvgIpc) is 2.62. The minimum Gasteiger partial charge on any atom is -0.322 e. The molecule has 1 aliphatic heterocycles. The molecule has 0 aromatic heterocycles. The maximum absolute atomic E-state index is 12.5. The first-order chi connectivity index (χ1) is 12.0. The van der Waals surface area contributed by atoms with E-state index in [-0.39, 0.29) is 11.8 Å². The van der Waals surface area contributed by atoms with Crippen molar-refractivity contribution < 1.29 is 9.59 Å². The zero-order chi connectivity index (χ0) is 18.0. The van der Waals surface area contributed by atoms with Gasteiger partial charge in [-0.3, -0.25) is 9.59 Å². The third kappa shape index (κ3) is 3.58. The predicted octanol–water partition coefficient (Wildman–Crippen LogP) is 4.24. The molecule has 0 unspecified atom stereocenters. The molecule has 1 N–H and O–H groups in total. The first kappa shape index (κ1) is 17.2. The van der Waals surface area contributed by atoms with Crippen molar-refractivity contribution in [3.8, 4) is 0 Å². The lowest BCUT2D eigenvalue weighted by atomic mass is 10.0. The van der Waals surface area contributed by atoms with Gasteiger partial charge in [0.1, 0.15) is 0 Å². The summed E-state index contributed by atoms with van der Waals surface area (Å²) in [4.78, 5) is 26.4. The van der Waals surface area contributed by atoms with Crippen molar-refractivity contribution in [1.29, 1.82) is 0 Å². The van der Waals surface area contributed by atoms with Gasteiger partial charge >= 0.3 is 0 Å². The number of carbonyl (C=O) groups excluding carboxylic acids is 2. The maximum atomic E-state index is 12.5. The molecule has 130 valence electrons. The third-order valence-corrected chi connectivity index (χ3v) is 4.83. The van der Waals surface area contributed by atoms with Crippen LogP contribution in [0.4, 0.5) is 11.4 Å². The van der Waals surface area contributed by atoms with E-state index in [0.29, 0.717) is 12.0 Å². The molecule has 0 saturated carbocycles. The molecule has 25 heavy (non-hydrogen) atoms. The molecule has 4 nitrogen and oxygen atoms in total. The van der Waals surface area contributed by atoms with Crippen LogP contribution in [0.3, 0.4) is 0 Å². The van der Waals surface area contributed by atoms with E-state index >= 15 is 0 Å². The van der Waals surface area contributed by atoms with Crippen LogP contribution >= 0.6 is 0 Å². The van der Waals surface area contributed by atoms with E-state index in [0.717, 1.165) is 41.9 Å². The number of fused-ring (bicyclic) bond motifs is 1. The molecule has 1 aliphatic rings. The summed E-state index contributed by atoms with van der Waals surface area (Å²) < 4.78 is 0. The Hall–Kier alpha value is -2.62. The Bertz CT molecular complexity index is 827. The Morgan fingerprint density at radius 1 is 1.08 bits per heavy atom. The number of hydrogen-bond donors (Lipinski definition) is 1. The Labute approximate surface area is 148 Å². The highest BCUT2D eigenvalue weighted by molar-refractivity contribution is 6.04. The number of amides is 2. The molecular weight excluding hydrogens is 312 g/mol. The Balaban J connectivity index is 1.81. The highest BCUT2D eigenvalue weighted by Gasteiger charge is 2.21. The highest BCUT2D eigenvalue weighted by Crippen LogP contribution is 2.30. The summed E-state index contributed by atoms with van der Waals surface area (Å²) >= 11 is 0. The summed E-state index contributed by atoms with van der Waals surface area (Å²) in [6.07, 6.45) is 2.38. The smallest absolute Gasteiger partial charge is 0.255 e. The van der Waals surface area contributed by atoms with Crippen molar-refractivity contribution in [2.45, 2.75) is 40.0 Å². The molecule has 2 amide bonds. The largest absolute Gasteiger partial charge is 0.322 e. The van der Waals surface area contributed by atoms with Crippen molar-refractivity contribution >= 4 is 23.2 Å². The Morgan fingerprint density at radius 3 is 2.60 bits per heavy atom. The predicted molar refractivity (Wildman–Crippen MR) is 101 cm³/mol. The van der Waals surface area contributed by atoms with Crippen molar-refractivity contribution in [2.24, 2.45) is 0 Å². The van der Waals surface area contributed by atoms with Gasteiger partial charge in [-0.25, -0.2) is 0 Å². The summed E-state index contributed by atoms with van der Waals surface area (Å²) in [5.41, 5.74) is 5.79. The monoisotopic (exact) mass is 336 g/mol. The fourth-order valence-corrected chi connectivity index (χ4v) is 3.21. The maximum Gasteiger partial charge on any atom is 0.255 e. The molecular formula is C21H24N2O2. The molecule has 0 fully saturated rings. The summed E-state index contributed by atoms with van der Waals surface area (Å²) in [5.74, 6) is 0.0354. The van der Waals surface area contributed by atoms with E-state index in [9.17, 15) is 9.59 Å². The van der Waals surface area contributed by atoms with E-state index in [1.807, 2.05) is 62.1 Å². The highest BCUT2D eigenvalue weighted by atomic mass is 16.2.